The molecule has 0 atom stereocenters. The molecule has 1 aliphatic rings. The molecular weight excluding hydrogens is 288 g/mol. The first-order chi connectivity index (χ1) is 7.99. The standard InChI is InChI=1S/C11H15BrN2O3/c12-8-5-9(13-6-8)7-14-3-1-11(17,2-4-14)10(15)16/h5-6,13,17H,1-4,7H2,(H,15,16). The molecular formula is C11H15BrN2O3. The molecule has 1 saturated heterocycles. The van der Waals surface area contributed by atoms with Gasteiger partial charge in [0.05, 0.1) is 0 Å². The number of nitrogens with one attached hydrogen (secondary N) is 1. The van der Waals surface area contributed by atoms with Crippen LogP contribution in [0.4, 0.5) is 0 Å². The molecule has 1 fully saturated rings. The quantitative estimate of drug-likeness (QED) is 0.784. The van der Waals surface area contributed by atoms with Crippen molar-refractivity contribution < 1.29 is 15.0 Å². The van der Waals surface area contributed by atoms with Crippen LogP contribution in [0.1, 0.15) is 18.5 Å². The van der Waals surface area contributed by atoms with E-state index in [-0.39, 0.29) is 12.8 Å². The number of halogens is 1. The van der Waals surface area contributed by atoms with Gasteiger partial charge in [-0.2, -0.15) is 0 Å². The number of likely N-dealkylation sites (tertiary alicyclic amines) is 1. The van der Waals surface area contributed by atoms with Crippen molar-refractivity contribution in [3.8, 4) is 0 Å². The molecule has 0 aromatic carbocycles. The van der Waals surface area contributed by atoms with E-state index in [1.807, 2.05) is 12.3 Å². The zero-order valence-corrected chi connectivity index (χ0v) is 10.9. The predicted octanol–water partition coefficient (Wildman–Crippen LogP) is 1.19. The summed E-state index contributed by atoms with van der Waals surface area (Å²) in [5.74, 6) is -1.11. The molecule has 5 nitrogen and oxygen atoms in total. The average Bonchev–Trinajstić information content (AvgIpc) is 2.67. The van der Waals surface area contributed by atoms with Crippen LogP contribution in [0.25, 0.3) is 0 Å². The summed E-state index contributed by atoms with van der Waals surface area (Å²) < 4.78 is 1.01. The summed E-state index contributed by atoms with van der Waals surface area (Å²) in [6.07, 6.45) is 2.43. The molecule has 1 aromatic rings. The van der Waals surface area contributed by atoms with E-state index >= 15 is 0 Å². The summed E-state index contributed by atoms with van der Waals surface area (Å²) in [6, 6.07) is 2.00. The van der Waals surface area contributed by atoms with E-state index in [9.17, 15) is 9.90 Å². The first kappa shape index (κ1) is 12.6. The van der Waals surface area contributed by atoms with Gasteiger partial charge in [-0.1, -0.05) is 0 Å². The highest BCUT2D eigenvalue weighted by Crippen LogP contribution is 2.23. The fourth-order valence-electron chi connectivity index (χ4n) is 2.04. The molecule has 0 bridgehead atoms. The Morgan fingerprint density at radius 1 is 1.53 bits per heavy atom. The van der Waals surface area contributed by atoms with Crippen molar-refractivity contribution in [2.75, 3.05) is 13.1 Å². The Bertz CT molecular complexity index is 411. The van der Waals surface area contributed by atoms with Crippen molar-refractivity contribution in [3.05, 3.63) is 22.4 Å². The third kappa shape index (κ3) is 2.88. The van der Waals surface area contributed by atoms with Crippen LogP contribution >= 0.6 is 15.9 Å². The average molecular weight is 303 g/mol. The highest BCUT2D eigenvalue weighted by Gasteiger charge is 2.39. The summed E-state index contributed by atoms with van der Waals surface area (Å²) in [4.78, 5) is 16.1. The Labute approximate surface area is 108 Å². The van der Waals surface area contributed by atoms with Gasteiger partial charge < -0.3 is 15.2 Å². The van der Waals surface area contributed by atoms with Crippen molar-refractivity contribution in [2.24, 2.45) is 0 Å². The minimum Gasteiger partial charge on any atom is -0.479 e. The number of nitrogens with zero attached hydrogens (tertiary/aromatic N) is 1. The molecule has 6 heteroatoms. The lowest BCUT2D eigenvalue weighted by atomic mass is 9.91. The number of rotatable bonds is 3. The molecule has 0 aliphatic carbocycles. The van der Waals surface area contributed by atoms with E-state index in [0.717, 1.165) is 16.7 Å². The summed E-state index contributed by atoms with van der Waals surface area (Å²) in [5, 5.41) is 18.7. The third-order valence-electron chi connectivity index (χ3n) is 3.18. The summed E-state index contributed by atoms with van der Waals surface area (Å²) >= 11 is 3.37. The molecule has 0 unspecified atom stereocenters. The number of carboxylic acid groups (broad SMARTS) is 1. The number of aromatic amines is 1. The van der Waals surface area contributed by atoms with E-state index in [0.29, 0.717) is 13.1 Å². The number of aromatic nitrogens is 1. The Balaban J connectivity index is 1.89. The maximum Gasteiger partial charge on any atom is 0.335 e. The van der Waals surface area contributed by atoms with E-state index in [1.165, 1.54) is 0 Å². The van der Waals surface area contributed by atoms with E-state index in [4.69, 9.17) is 5.11 Å². The van der Waals surface area contributed by atoms with Crippen LogP contribution in [0.5, 0.6) is 0 Å². The molecule has 1 aromatic heterocycles. The first-order valence-corrected chi connectivity index (χ1v) is 6.30. The number of aliphatic carboxylic acids is 1. The van der Waals surface area contributed by atoms with Crippen molar-refractivity contribution >= 4 is 21.9 Å². The van der Waals surface area contributed by atoms with Gasteiger partial charge in [-0.3, -0.25) is 4.90 Å². The van der Waals surface area contributed by atoms with E-state index < -0.39 is 11.6 Å². The van der Waals surface area contributed by atoms with Gasteiger partial charge in [0.2, 0.25) is 0 Å². The molecule has 0 radical (unpaired) electrons. The molecule has 0 saturated carbocycles. The van der Waals surface area contributed by atoms with Crippen LogP contribution in [0.3, 0.4) is 0 Å². The minimum atomic E-state index is -1.53. The van der Waals surface area contributed by atoms with E-state index in [2.05, 4.69) is 25.8 Å². The molecule has 0 amide bonds. The van der Waals surface area contributed by atoms with Crippen LogP contribution in [-0.4, -0.2) is 44.8 Å². The second-order valence-corrected chi connectivity index (χ2v) is 5.37. The van der Waals surface area contributed by atoms with Gasteiger partial charge in [-0.25, -0.2) is 4.79 Å². The van der Waals surface area contributed by atoms with Gasteiger partial charge in [-0.05, 0) is 34.8 Å². The summed E-state index contributed by atoms with van der Waals surface area (Å²) in [6.45, 7) is 1.94. The zero-order chi connectivity index (χ0) is 12.5. The van der Waals surface area contributed by atoms with Crippen LogP contribution in [0, 0.1) is 0 Å². The normalized spacial score (nSPS) is 20.4. The Kier molecular flexibility index (Phi) is 3.56. The number of aliphatic hydroxyl groups is 1. The third-order valence-corrected chi connectivity index (χ3v) is 3.64. The number of hydrogen-bond acceptors (Lipinski definition) is 3. The molecule has 17 heavy (non-hydrogen) atoms. The number of carboxylic acids is 1. The van der Waals surface area contributed by atoms with Crippen LogP contribution in [0.2, 0.25) is 0 Å². The highest BCUT2D eigenvalue weighted by atomic mass is 79.9. The van der Waals surface area contributed by atoms with E-state index in [1.54, 1.807) is 0 Å². The summed E-state index contributed by atoms with van der Waals surface area (Å²) in [5.41, 5.74) is -0.454. The fourth-order valence-corrected chi connectivity index (χ4v) is 2.43. The number of piperidine rings is 1. The van der Waals surface area contributed by atoms with Crippen molar-refractivity contribution in [1.82, 2.24) is 9.88 Å². The maximum atomic E-state index is 10.9. The first-order valence-electron chi connectivity index (χ1n) is 5.50. The second-order valence-electron chi connectivity index (χ2n) is 4.46. The lowest BCUT2D eigenvalue weighted by Gasteiger charge is -2.35. The van der Waals surface area contributed by atoms with Gasteiger partial charge in [0.15, 0.2) is 5.60 Å². The van der Waals surface area contributed by atoms with Crippen molar-refractivity contribution in [3.63, 3.8) is 0 Å². The SMILES string of the molecule is O=C(O)C1(O)CCN(Cc2cc(Br)c[nH]2)CC1. The molecule has 2 heterocycles. The Morgan fingerprint density at radius 3 is 2.65 bits per heavy atom. The molecule has 0 spiro atoms. The Morgan fingerprint density at radius 2 is 2.18 bits per heavy atom. The number of hydrogen-bond donors (Lipinski definition) is 3. The molecule has 94 valence electrons. The zero-order valence-electron chi connectivity index (χ0n) is 9.32. The predicted molar refractivity (Wildman–Crippen MR) is 65.6 cm³/mol. The van der Waals surface area contributed by atoms with Gasteiger partial charge in [-0.15, -0.1) is 0 Å². The summed E-state index contributed by atoms with van der Waals surface area (Å²) in [7, 11) is 0. The largest absolute Gasteiger partial charge is 0.479 e. The number of H-pyrrole nitrogens is 1. The molecule has 1 aliphatic heterocycles. The molecule has 2 rings (SSSR count). The van der Waals surface area contributed by atoms with Gasteiger partial charge in [0, 0.05) is 36.0 Å². The lowest BCUT2D eigenvalue weighted by molar-refractivity contribution is -0.163. The van der Waals surface area contributed by atoms with Crippen LogP contribution in [-0.2, 0) is 11.3 Å². The van der Waals surface area contributed by atoms with Crippen molar-refractivity contribution in [2.45, 2.75) is 25.0 Å². The monoisotopic (exact) mass is 302 g/mol. The smallest absolute Gasteiger partial charge is 0.335 e. The van der Waals surface area contributed by atoms with Crippen LogP contribution in [0.15, 0.2) is 16.7 Å². The second kappa shape index (κ2) is 4.80. The van der Waals surface area contributed by atoms with Gasteiger partial charge in [0.1, 0.15) is 0 Å². The molecule has 3 N–H and O–H groups in total. The topological polar surface area (TPSA) is 76.6 Å². The number of carbonyl (C=O) groups is 1. The Hall–Kier alpha value is -0.850. The van der Waals surface area contributed by atoms with Crippen LogP contribution < -0.4 is 0 Å². The minimum absolute atomic E-state index is 0.282. The maximum absolute atomic E-state index is 10.9. The van der Waals surface area contributed by atoms with Crippen molar-refractivity contribution in [1.29, 1.82) is 0 Å². The fraction of sp³-hybridized carbons (Fsp3) is 0.545. The van der Waals surface area contributed by atoms with Gasteiger partial charge >= 0.3 is 5.97 Å². The lowest BCUT2D eigenvalue weighted by Crippen LogP contribution is -2.49. The highest BCUT2D eigenvalue weighted by molar-refractivity contribution is 9.10. The van der Waals surface area contributed by atoms with Gasteiger partial charge in [0.25, 0.3) is 0 Å².